The lowest BCUT2D eigenvalue weighted by Crippen LogP contribution is -2.27. The fourth-order valence-electron chi connectivity index (χ4n) is 1.79. The van der Waals surface area contributed by atoms with Crippen molar-refractivity contribution in [2.45, 2.75) is 32.6 Å². The second-order valence-electron chi connectivity index (χ2n) is 4.48. The monoisotopic (exact) mass is 279 g/mol. The minimum absolute atomic E-state index is 0.0192. The number of hydrogen-bond donors (Lipinski definition) is 0. The Labute approximate surface area is 115 Å². The van der Waals surface area contributed by atoms with Gasteiger partial charge in [0.05, 0.1) is 6.61 Å². The lowest BCUT2D eigenvalue weighted by atomic mass is 10.2. The SMILES string of the molecule is CCCCCCOC(=O)c1ncn2c(=O)n(C)nnc12. The van der Waals surface area contributed by atoms with Crippen molar-refractivity contribution in [1.82, 2.24) is 24.4 Å². The zero-order valence-corrected chi connectivity index (χ0v) is 11.6. The quantitative estimate of drug-likeness (QED) is 0.566. The molecule has 0 spiro atoms. The van der Waals surface area contributed by atoms with Crippen molar-refractivity contribution in [2.75, 3.05) is 6.61 Å². The molecule has 0 aromatic carbocycles. The van der Waals surface area contributed by atoms with Crippen LogP contribution in [0.25, 0.3) is 5.65 Å². The van der Waals surface area contributed by atoms with Crippen molar-refractivity contribution in [3.63, 3.8) is 0 Å². The van der Waals surface area contributed by atoms with Crippen molar-refractivity contribution < 1.29 is 9.53 Å². The van der Waals surface area contributed by atoms with Gasteiger partial charge in [-0.3, -0.25) is 0 Å². The van der Waals surface area contributed by atoms with Crippen molar-refractivity contribution in [2.24, 2.45) is 7.05 Å². The second-order valence-corrected chi connectivity index (χ2v) is 4.48. The third-order valence-corrected chi connectivity index (χ3v) is 2.92. The molecule has 0 saturated carbocycles. The summed E-state index contributed by atoms with van der Waals surface area (Å²) in [6, 6.07) is 0. The number of aryl methyl sites for hydroxylation is 1. The molecule has 0 atom stereocenters. The summed E-state index contributed by atoms with van der Waals surface area (Å²) in [7, 11) is 1.47. The van der Waals surface area contributed by atoms with Gasteiger partial charge in [0.15, 0.2) is 11.3 Å². The Morgan fingerprint density at radius 1 is 1.35 bits per heavy atom. The molecule has 0 aliphatic carbocycles. The molecule has 0 fully saturated rings. The van der Waals surface area contributed by atoms with Gasteiger partial charge in [-0.2, -0.15) is 4.68 Å². The van der Waals surface area contributed by atoms with Crippen molar-refractivity contribution in [3.8, 4) is 0 Å². The van der Waals surface area contributed by atoms with Crippen LogP contribution in [0.15, 0.2) is 11.1 Å². The summed E-state index contributed by atoms with van der Waals surface area (Å²) in [6.45, 7) is 2.46. The van der Waals surface area contributed by atoms with Crippen LogP contribution < -0.4 is 5.69 Å². The summed E-state index contributed by atoms with van der Waals surface area (Å²) in [4.78, 5) is 27.5. The molecule has 0 amide bonds. The maximum atomic E-state index is 11.9. The standard InChI is InChI=1S/C12H17N5O3/c1-3-4-5-6-7-20-11(18)9-10-14-15-16(2)12(19)17(10)8-13-9/h8H,3-7H2,1-2H3. The summed E-state index contributed by atoms with van der Waals surface area (Å²) in [6.07, 6.45) is 5.33. The van der Waals surface area contributed by atoms with Gasteiger partial charge in [0.1, 0.15) is 6.33 Å². The highest BCUT2D eigenvalue weighted by molar-refractivity contribution is 5.93. The van der Waals surface area contributed by atoms with Crippen LogP contribution in [0.1, 0.15) is 43.1 Å². The topological polar surface area (TPSA) is 91.4 Å². The summed E-state index contributed by atoms with van der Waals surface area (Å²) in [5.74, 6) is -0.577. The highest BCUT2D eigenvalue weighted by Crippen LogP contribution is 2.06. The van der Waals surface area contributed by atoms with Gasteiger partial charge in [0.2, 0.25) is 0 Å². The number of nitrogens with zero attached hydrogens (tertiary/aromatic N) is 5. The zero-order chi connectivity index (χ0) is 14.5. The molecule has 20 heavy (non-hydrogen) atoms. The van der Waals surface area contributed by atoms with Crippen LogP contribution in [0.5, 0.6) is 0 Å². The molecular formula is C12H17N5O3. The summed E-state index contributed by atoms with van der Waals surface area (Å²) >= 11 is 0. The van der Waals surface area contributed by atoms with Crippen molar-refractivity contribution in [3.05, 3.63) is 22.5 Å². The first kappa shape index (κ1) is 14.2. The molecule has 0 aliphatic rings. The van der Waals surface area contributed by atoms with Crippen LogP contribution in [0.4, 0.5) is 0 Å². The van der Waals surface area contributed by atoms with Crippen LogP contribution in [0, 0.1) is 0 Å². The molecule has 0 saturated heterocycles. The maximum Gasteiger partial charge on any atom is 0.360 e. The Balaban J connectivity index is 2.08. The van der Waals surface area contributed by atoms with E-state index in [9.17, 15) is 9.59 Å². The van der Waals surface area contributed by atoms with Gasteiger partial charge >= 0.3 is 11.7 Å². The molecule has 0 aliphatic heterocycles. The van der Waals surface area contributed by atoms with E-state index < -0.39 is 11.7 Å². The molecule has 8 nitrogen and oxygen atoms in total. The van der Waals surface area contributed by atoms with E-state index in [1.807, 2.05) is 0 Å². The average molecular weight is 279 g/mol. The smallest absolute Gasteiger partial charge is 0.360 e. The third-order valence-electron chi connectivity index (χ3n) is 2.92. The van der Waals surface area contributed by atoms with Gasteiger partial charge in [-0.15, -0.1) is 5.10 Å². The molecule has 2 aromatic heterocycles. The third kappa shape index (κ3) is 2.84. The number of carbonyl (C=O) groups is 1. The molecule has 0 unspecified atom stereocenters. The van der Waals surface area contributed by atoms with Gasteiger partial charge in [0, 0.05) is 7.05 Å². The van der Waals surface area contributed by atoms with E-state index in [0.717, 1.165) is 30.4 Å². The van der Waals surface area contributed by atoms with Crippen LogP contribution in [-0.4, -0.2) is 37.0 Å². The summed E-state index contributed by atoms with van der Waals surface area (Å²) < 4.78 is 7.35. The van der Waals surface area contributed by atoms with Gasteiger partial charge in [-0.1, -0.05) is 31.4 Å². The molecule has 0 N–H and O–H groups in total. The van der Waals surface area contributed by atoms with Crippen LogP contribution in [0.2, 0.25) is 0 Å². The van der Waals surface area contributed by atoms with Crippen LogP contribution in [-0.2, 0) is 11.8 Å². The van der Waals surface area contributed by atoms with E-state index in [0.29, 0.717) is 6.61 Å². The van der Waals surface area contributed by atoms with Crippen molar-refractivity contribution in [1.29, 1.82) is 0 Å². The van der Waals surface area contributed by atoms with Gasteiger partial charge in [0.25, 0.3) is 0 Å². The number of carbonyl (C=O) groups excluding carboxylic acids is 1. The number of rotatable bonds is 6. The highest BCUT2D eigenvalue weighted by atomic mass is 16.5. The Bertz CT molecular complexity index is 661. The largest absolute Gasteiger partial charge is 0.461 e. The summed E-state index contributed by atoms with van der Waals surface area (Å²) in [5, 5.41) is 7.42. The first-order valence-corrected chi connectivity index (χ1v) is 6.59. The molecule has 0 radical (unpaired) electrons. The molecule has 108 valence electrons. The van der Waals surface area contributed by atoms with Gasteiger partial charge in [-0.25, -0.2) is 19.0 Å². The Morgan fingerprint density at radius 2 is 2.15 bits per heavy atom. The molecule has 8 heteroatoms. The normalized spacial score (nSPS) is 10.9. The number of hydrogen-bond acceptors (Lipinski definition) is 6. The van der Waals surface area contributed by atoms with Gasteiger partial charge < -0.3 is 4.74 Å². The number of ether oxygens (including phenoxy) is 1. The average Bonchev–Trinajstić information content (AvgIpc) is 2.87. The number of imidazole rings is 1. The number of esters is 1. The lowest BCUT2D eigenvalue weighted by molar-refractivity contribution is 0.0493. The summed E-state index contributed by atoms with van der Waals surface area (Å²) in [5.41, 5.74) is -0.276. The van der Waals surface area contributed by atoms with Crippen LogP contribution >= 0.6 is 0 Å². The van der Waals surface area contributed by atoms with E-state index in [-0.39, 0.29) is 11.3 Å². The molecule has 2 rings (SSSR count). The Kier molecular flexibility index (Phi) is 4.44. The first-order valence-electron chi connectivity index (χ1n) is 6.59. The maximum absolute atomic E-state index is 11.9. The predicted molar refractivity (Wildman–Crippen MR) is 70.4 cm³/mol. The fourth-order valence-corrected chi connectivity index (χ4v) is 1.79. The van der Waals surface area contributed by atoms with E-state index in [1.165, 1.54) is 17.8 Å². The van der Waals surface area contributed by atoms with Crippen LogP contribution in [0.3, 0.4) is 0 Å². The minimum Gasteiger partial charge on any atom is -0.461 e. The van der Waals surface area contributed by atoms with Gasteiger partial charge in [-0.05, 0) is 6.42 Å². The minimum atomic E-state index is -0.577. The van der Waals surface area contributed by atoms with E-state index in [1.54, 1.807) is 0 Å². The van der Waals surface area contributed by atoms with E-state index >= 15 is 0 Å². The zero-order valence-electron chi connectivity index (χ0n) is 11.6. The van der Waals surface area contributed by atoms with Crippen molar-refractivity contribution >= 4 is 11.6 Å². The van der Waals surface area contributed by atoms with E-state index in [2.05, 4.69) is 22.2 Å². The Hall–Kier alpha value is -2.25. The number of fused-ring (bicyclic) bond motifs is 1. The molecule has 2 heterocycles. The fraction of sp³-hybridized carbons (Fsp3) is 0.583. The van der Waals surface area contributed by atoms with E-state index in [4.69, 9.17) is 4.74 Å². The Morgan fingerprint density at radius 3 is 2.90 bits per heavy atom. The predicted octanol–water partition coefficient (Wildman–Crippen LogP) is 0.560. The second kappa shape index (κ2) is 6.27. The number of aromatic nitrogens is 5. The molecule has 2 aromatic rings. The number of unbranched alkanes of at least 4 members (excludes halogenated alkanes) is 3. The first-order chi connectivity index (χ1) is 9.65. The highest BCUT2D eigenvalue weighted by Gasteiger charge is 2.18. The molecular weight excluding hydrogens is 262 g/mol. The molecule has 0 bridgehead atoms. The lowest BCUT2D eigenvalue weighted by Gasteiger charge is -2.02.